The van der Waals surface area contributed by atoms with Gasteiger partial charge in [0.15, 0.2) is 0 Å². The molecule has 1 aliphatic rings. The molecule has 0 fully saturated rings. The second kappa shape index (κ2) is 5.60. The molecule has 0 aromatic heterocycles. The summed E-state index contributed by atoms with van der Waals surface area (Å²) >= 11 is 12.0. The van der Waals surface area contributed by atoms with Crippen LogP contribution in [-0.4, -0.2) is 6.61 Å². The lowest BCUT2D eigenvalue weighted by Crippen LogP contribution is -2.33. The molecule has 4 heteroatoms. The first-order valence-electron chi connectivity index (χ1n) is 6.72. The summed E-state index contributed by atoms with van der Waals surface area (Å²) in [7, 11) is 0. The van der Waals surface area contributed by atoms with E-state index in [0.29, 0.717) is 29.5 Å². The molecule has 2 aromatic carbocycles. The molecule has 1 unspecified atom stereocenters. The zero-order valence-electron chi connectivity index (χ0n) is 11.3. The van der Waals surface area contributed by atoms with Crippen molar-refractivity contribution in [1.82, 2.24) is 0 Å². The van der Waals surface area contributed by atoms with Gasteiger partial charge in [0.2, 0.25) is 0 Å². The minimum Gasteiger partial charge on any atom is -0.493 e. The van der Waals surface area contributed by atoms with Gasteiger partial charge in [0.25, 0.3) is 0 Å². The Morgan fingerprint density at radius 3 is 2.71 bits per heavy atom. The van der Waals surface area contributed by atoms with Crippen molar-refractivity contribution in [2.75, 3.05) is 6.61 Å². The van der Waals surface area contributed by atoms with Gasteiger partial charge in [-0.15, -0.1) is 0 Å². The van der Waals surface area contributed by atoms with Gasteiger partial charge in [0.05, 0.1) is 28.1 Å². The molecule has 21 heavy (non-hydrogen) atoms. The molecule has 0 bridgehead atoms. The van der Waals surface area contributed by atoms with E-state index < -0.39 is 5.41 Å². The Labute approximate surface area is 133 Å². The summed E-state index contributed by atoms with van der Waals surface area (Å²) in [5.74, 6) is 0.797. The molecule has 0 spiro atoms. The summed E-state index contributed by atoms with van der Waals surface area (Å²) in [6.45, 7) is 0.548. The van der Waals surface area contributed by atoms with Crippen LogP contribution in [0.2, 0.25) is 10.0 Å². The average molecular weight is 318 g/mol. The minimum atomic E-state index is -0.577. The van der Waals surface area contributed by atoms with E-state index in [1.807, 2.05) is 36.4 Å². The van der Waals surface area contributed by atoms with Crippen molar-refractivity contribution in [2.45, 2.75) is 18.3 Å². The molecule has 2 aromatic rings. The van der Waals surface area contributed by atoms with Crippen molar-refractivity contribution in [3.8, 4) is 11.8 Å². The third-order valence-electron chi connectivity index (χ3n) is 3.89. The Morgan fingerprint density at radius 2 is 1.95 bits per heavy atom. The molecule has 0 amide bonds. The van der Waals surface area contributed by atoms with Gasteiger partial charge in [-0.25, -0.2) is 0 Å². The zero-order valence-corrected chi connectivity index (χ0v) is 12.8. The van der Waals surface area contributed by atoms with Crippen molar-refractivity contribution in [1.29, 1.82) is 5.26 Å². The Morgan fingerprint density at radius 1 is 1.14 bits per heavy atom. The van der Waals surface area contributed by atoms with Crippen molar-refractivity contribution >= 4 is 23.2 Å². The second-order valence-corrected chi connectivity index (χ2v) is 6.03. The lowest BCUT2D eigenvalue weighted by molar-refractivity contribution is 0.241. The molecule has 0 aliphatic carbocycles. The number of hydrogen-bond acceptors (Lipinski definition) is 2. The maximum atomic E-state index is 9.81. The summed E-state index contributed by atoms with van der Waals surface area (Å²) in [5, 5.41) is 10.9. The Kier molecular flexibility index (Phi) is 3.80. The van der Waals surface area contributed by atoms with Crippen LogP contribution in [0.5, 0.6) is 5.75 Å². The number of ether oxygens (including phenoxy) is 1. The molecule has 1 heterocycles. The van der Waals surface area contributed by atoms with Crippen LogP contribution in [0.15, 0.2) is 42.5 Å². The normalized spacial score (nSPS) is 20.2. The van der Waals surface area contributed by atoms with Gasteiger partial charge in [-0.3, -0.25) is 0 Å². The van der Waals surface area contributed by atoms with Crippen molar-refractivity contribution < 1.29 is 4.74 Å². The van der Waals surface area contributed by atoms with E-state index in [2.05, 4.69) is 6.07 Å². The molecule has 1 atom stereocenters. The van der Waals surface area contributed by atoms with Crippen LogP contribution in [0.4, 0.5) is 0 Å². The van der Waals surface area contributed by atoms with Gasteiger partial charge in [-0.2, -0.15) is 5.26 Å². The number of para-hydroxylation sites is 1. The van der Waals surface area contributed by atoms with E-state index in [0.717, 1.165) is 16.9 Å². The fourth-order valence-corrected chi connectivity index (χ4v) is 3.12. The minimum absolute atomic E-state index is 0.516. The van der Waals surface area contributed by atoms with Crippen LogP contribution in [0.1, 0.15) is 17.5 Å². The van der Waals surface area contributed by atoms with Crippen LogP contribution in [0.25, 0.3) is 0 Å². The van der Waals surface area contributed by atoms with E-state index in [-0.39, 0.29) is 0 Å². The lowest BCUT2D eigenvalue weighted by atomic mass is 9.73. The molecule has 106 valence electrons. The van der Waals surface area contributed by atoms with E-state index >= 15 is 0 Å². The standard InChI is InChI=1S/C17H13Cl2NO/c18-14-6-5-12(9-15(14)19)10-17(11-20)7-8-21-16-4-2-1-3-13(16)17/h1-6,9H,7-8,10H2. The van der Waals surface area contributed by atoms with Gasteiger partial charge < -0.3 is 4.74 Å². The SMILES string of the molecule is N#CC1(Cc2ccc(Cl)c(Cl)c2)CCOc2ccccc21. The van der Waals surface area contributed by atoms with Gasteiger partial charge in [0.1, 0.15) is 5.75 Å². The molecule has 3 rings (SSSR count). The van der Waals surface area contributed by atoms with Gasteiger partial charge in [-0.05, 0) is 30.2 Å². The summed E-state index contributed by atoms with van der Waals surface area (Å²) in [4.78, 5) is 0. The quantitative estimate of drug-likeness (QED) is 0.798. The molecular weight excluding hydrogens is 305 g/mol. The van der Waals surface area contributed by atoms with Crippen LogP contribution >= 0.6 is 23.2 Å². The first kappa shape index (κ1) is 14.3. The Hall–Kier alpha value is -1.69. The van der Waals surface area contributed by atoms with Crippen LogP contribution in [0.3, 0.4) is 0 Å². The van der Waals surface area contributed by atoms with Crippen molar-refractivity contribution in [2.24, 2.45) is 0 Å². The first-order valence-corrected chi connectivity index (χ1v) is 7.48. The van der Waals surface area contributed by atoms with Crippen LogP contribution in [0, 0.1) is 11.3 Å². The lowest BCUT2D eigenvalue weighted by Gasteiger charge is -2.33. The maximum absolute atomic E-state index is 9.81. The fraction of sp³-hybridized carbons (Fsp3) is 0.235. The van der Waals surface area contributed by atoms with Crippen LogP contribution < -0.4 is 4.74 Å². The second-order valence-electron chi connectivity index (χ2n) is 5.21. The smallest absolute Gasteiger partial charge is 0.124 e. The van der Waals surface area contributed by atoms with Gasteiger partial charge in [0, 0.05) is 12.0 Å². The molecule has 0 N–H and O–H groups in total. The van der Waals surface area contributed by atoms with E-state index in [1.54, 1.807) is 6.07 Å². The van der Waals surface area contributed by atoms with Crippen molar-refractivity contribution in [3.63, 3.8) is 0 Å². The highest BCUT2D eigenvalue weighted by molar-refractivity contribution is 6.42. The third-order valence-corrected chi connectivity index (χ3v) is 4.63. The van der Waals surface area contributed by atoms with Crippen molar-refractivity contribution in [3.05, 3.63) is 63.6 Å². The molecule has 0 saturated heterocycles. The number of halogens is 2. The number of nitriles is 1. The Bertz CT molecular complexity index is 723. The predicted octanol–water partition coefficient (Wildman–Crippen LogP) is 4.78. The molecule has 0 saturated carbocycles. The summed E-state index contributed by atoms with van der Waals surface area (Å²) in [5.41, 5.74) is 1.37. The number of hydrogen-bond donors (Lipinski definition) is 0. The number of fused-ring (bicyclic) bond motifs is 1. The average Bonchev–Trinajstić information content (AvgIpc) is 2.51. The van der Waals surface area contributed by atoms with Crippen LogP contribution in [-0.2, 0) is 11.8 Å². The third kappa shape index (κ3) is 2.60. The van der Waals surface area contributed by atoms with E-state index in [4.69, 9.17) is 27.9 Å². The number of rotatable bonds is 2. The monoisotopic (exact) mass is 317 g/mol. The van der Waals surface area contributed by atoms with Gasteiger partial charge in [-0.1, -0.05) is 47.5 Å². The highest BCUT2D eigenvalue weighted by Crippen LogP contribution is 2.41. The molecule has 2 nitrogen and oxygen atoms in total. The summed E-state index contributed by atoms with van der Waals surface area (Å²) in [6, 6.07) is 15.8. The molecular formula is C17H13Cl2NO. The first-order chi connectivity index (χ1) is 10.1. The summed E-state index contributed by atoms with van der Waals surface area (Å²) in [6.07, 6.45) is 1.27. The zero-order chi connectivity index (χ0) is 14.9. The Balaban J connectivity index is 2.02. The highest BCUT2D eigenvalue weighted by Gasteiger charge is 2.38. The molecule has 0 radical (unpaired) electrons. The highest BCUT2D eigenvalue weighted by atomic mass is 35.5. The number of nitrogens with zero attached hydrogens (tertiary/aromatic N) is 1. The largest absolute Gasteiger partial charge is 0.493 e. The maximum Gasteiger partial charge on any atom is 0.124 e. The summed E-state index contributed by atoms with van der Waals surface area (Å²) < 4.78 is 5.66. The van der Waals surface area contributed by atoms with Gasteiger partial charge >= 0.3 is 0 Å². The number of benzene rings is 2. The fourth-order valence-electron chi connectivity index (χ4n) is 2.80. The molecule has 1 aliphatic heterocycles. The topological polar surface area (TPSA) is 33.0 Å². The van der Waals surface area contributed by atoms with E-state index in [9.17, 15) is 5.26 Å². The van der Waals surface area contributed by atoms with E-state index in [1.165, 1.54) is 0 Å². The predicted molar refractivity (Wildman–Crippen MR) is 84.0 cm³/mol.